The summed E-state index contributed by atoms with van der Waals surface area (Å²) < 4.78 is 3.10. The highest BCUT2D eigenvalue weighted by Crippen LogP contribution is 2.23. The van der Waals surface area contributed by atoms with E-state index in [-0.39, 0.29) is 6.04 Å². The summed E-state index contributed by atoms with van der Waals surface area (Å²) in [7, 11) is 1.99. The van der Waals surface area contributed by atoms with E-state index in [2.05, 4.69) is 51.5 Å². The normalized spacial score (nSPS) is 12.7. The highest BCUT2D eigenvalue weighted by atomic mass is 79.9. The molecule has 0 saturated heterocycles. The first kappa shape index (κ1) is 13.3. The number of hydrazine groups is 1. The zero-order valence-corrected chi connectivity index (χ0v) is 12.1. The molecule has 0 saturated carbocycles. The van der Waals surface area contributed by atoms with E-state index in [9.17, 15) is 0 Å². The Labute approximate surface area is 115 Å². The Morgan fingerprint density at radius 3 is 2.83 bits per heavy atom. The van der Waals surface area contributed by atoms with E-state index in [4.69, 9.17) is 5.84 Å². The van der Waals surface area contributed by atoms with Gasteiger partial charge in [-0.05, 0) is 24.1 Å². The summed E-state index contributed by atoms with van der Waals surface area (Å²) in [4.78, 5) is 4.32. The van der Waals surface area contributed by atoms with E-state index >= 15 is 0 Å². The van der Waals surface area contributed by atoms with Crippen LogP contribution in [0.3, 0.4) is 0 Å². The molecule has 1 atom stereocenters. The van der Waals surface area contributed by atoms with Crippen LogP contribution >= 0.6 is 15.9 Å². The van der Waals surface area contributed by atoms with Gasteiger partial charge in [0.2, 0.25) is 0 Å². The van der Waals surface area contributed by atoms with Crippen molar-refractivity contribution >= 4 is 15.9 Å². The van der Waals surface area contributed by atoms with Gasteiger partial charge >= 0.3 is 0 Å². The van der Waals surface area contributed by atoms with Gasteiger partial charge in [0.25, 0.3) is 0 Å². The van der Waals surface area contributed by atoms with Crippen LogP contribution in [0.1, 0.15) is 23.0 Å². The lowest BCUT2D eigenvalue weighted by Gasteiger charge is -2.17. The molecule has 1 unspecified atom stereocenters. The Morgan fingerprint density at radius 1 is 1.50 bits per heavy atom. The SMILES string of the molecule is Cc1ccc(C(Cc2nccn2C)NN)cc1Br. The van der Waals surface area contributed by atoms with Crippen molar-refractivity contribution < 1.29 is 0 Å². The van der Waals surface area contributed by atoms with Crippen molar-refractivity contribution in [3.05, 3.63) is 52.0 Å². The van der Waals surface area contributed by atoms with E-state index in [1.54, 1.807) is 6.20 Å². The van der Waals surface area contributed by atoms with Gasteiger partial charge < -0.3 is 4.57 Å². The van der Waals surface area contributed by atoms with Crippen molar-refractivity contribution in [3.63, 3.8) is 0 Å². The third-order valence-corrected chi connectivity index (χ3v) is 3.96. The van der Waals surface area contributed by atoms with Gasteiger partial charge in [0.1, 0.15) is 5.82 Å². The lowest BCUT2D eigenvalue weighted by molar-refractivity contribution is 0.530. The predicted molar refractivity (Wildman–Crippen MR) is 75.9 cm³/mol. The molecule has 96 valence electrons. The van der Waals surface area contributed by atoms with Crippen LogP contribution in [0.5, 0.6) is 0 Å². The maximum absolute atomic E-state index is 5.66. The van der Waals surface area contributed by atoms with Crippen LogP contribution in [0, 0.1) is 6.92 Å². The first-order valence-corrected chi connectivity index (χ1v) is 6.59. The van der Waals surface area contributed by atoms with E-state index in [0.29, 0.717) is 0 Å². The first-order valence-electron chi connectivity index (χ1n) is 5.80. The van der Waals surface area contributed by atoms with Crippen molar-refractivity contribution in [1.82, 2.24) is 15.0 Å². The zero-order valence-electron chi connectivity index (χ0n) is 10.5. The van der Waals surface area contributed by atoms with Crippen molar-refractivity contribution in [1.29, 1.82) is 0 Å². The molecule has 2 rings (SSSR count). The monoisotopic (exact) mass is 308 g/mol. The Bertz CT molecular complexity index is 536. The van der Waals surface area contributed by atoms with Gasteiger partial charge in [0, 0.05) is 30.3 Å². The van der Waals surface area contributed by atoms with Crippen molar-refractivity contribution in [3.8, 4) is 0 Å². The van der Waals surface area contributed by atoms with Crippen LogP contribution in [0.4, 0.5) is 0 Å². The van der Waals surface area contributed by atoms with Gasteiger partial charge in [-0.3, -0.25) is 11.3 Å². The van der Waals surface area contributed by atoms with Gasteiger partial charge in [-0.2, -0.15) is 0 Å². The molecular weight excluding hydrogens is 292 g/mol. The average molecular weight is 309 g/mol. The van der Waals surface area contributed by atoms with Crippen LogP contribution in [-0.2, 0) is 13.5 Å². The second-order valence-electron chi connectivity index (χ2n) is 4.39. The van der Waals surface area contributed by atoms with E-state index in [0.717, 1.165) is 22.3 Å². The van der Waals surface area contributed by atoms with E-state index in [1.165, 1.54) is 5.56 Å². The third-order valence-electron chi connectivity index (χ3n) is 3.11. The molecule has 1 heterocycles. The first-order chi connectivity index (χ1) is 8.61. The Hall–Kier alpha value is -1.17. The molecule has 5 heteroatoms. The van der Waals surface area contributed by atoms with Crippen LogP contribution in [0.25, 0.3) is 0 Å². The highest BCUT2D eigenvalue weighted by Gasteiger charge is 2.13. The molecular formula is C13H17BrN4. The summed E-state index contributed by atoms with van der Waals surface area (Å²) in [6.07, 6.45) is 4.50. The maximum atomic E-state index is 5.66. The minimum absolute atomic E-state index is 0.0583. The third kappa shape index (κ3) is 2.80. The van der Waals surface area contributed by atoms with Crippen molar-refractivity contribution in [2.24, 2.45) is 12.9 Å². The molecule has 0 aliphatic rings. The molecule has 3 N–H and O–H groups in total. The maximum Gasteiger partial charge on any atom is 0.110 e. The lowest BCUT2D eigenvalue weighted by atomic mass is 10.0. The molecule has 2 aromatic rings. The summed E-state index contributed by atoms with van der Waals surface area (Å²) in [5.74, 6) is 6.67. The van der Waals surface area contributed by atoms with Gasteiger partial charge in [0.15, 0.2) is 0 Å². The zero-order chi connectivity index (χ0) is 13.1. The van der Waals surface area contributed by atoms with Gasteiger partial charge in [-0.15, -0.1) is 0 Å². The van der Waals surface area contributed by atoms with E-state index in [1.807, 2.05) is 17.8 Å². The summed E-state index contributed by atoms with van der Waals surface area (Å²) in [5, 5.41) is 0. The fourth-order valence-corrected chi connectivity index (χ4v) is 2.27. The number of rotatable bonds is 4. The van der Waals surface area contributed by atoms with Crippen LogP contribution < -0.4 is 11.3 Å². The molecule has 4 nitrogen and oxygen atoms in total. The van der Waals surface area contributed by atoms with Crippen molar-refractivity contribution in [2.45, 2.75) is 19.4 Å². The second-order valence-corrected chi connectivity index (χ2v) is 5.24. The van der Waals surface area contributed by atoms with Crippen LogP contribution in [0.15, 0.2) is 35.1 Å². The molecule has 1 aromatic carbocycles. The molecule has 0 radical (unpaired) electrons. The summed E-state index contributed by atoms with van der Waals surface area (Å²) >= 11 is 3.55. The Kier molecular flexibility index (Phi) is 4.16. The number of nitrogens with one attached hydrogen (secondary N) is 1. The molecule has 0 amide bonds. The van der Waals surface area contributed by atoms with Crippen LogP contribution in [-0.4, -0.2) is 9.55 Å². The van der Waals surface area contributed by atoms with Gasteiger partial charge in [-0.25, -0.2) is 4.98 Å². The van der Waals surface area contributed by atoms with Crippen molar-refractivity contribution in [2.75, 3.05) is 0 Å². The number of imidazole rings is 1. The lowest BCUT2D eigenvalue weighted by Crippen LogP contribution is -2.30. The minimum Gasteiger partial charge on any atom is -0.338 e. The Balaban J connectivity index is 2.23. The minimum atomic E-state index is 0.0583. The molecule has 0 fully saturated rings. The highest BCUT2D eigenvalue weighted by molar-refractivity contribution is 9.10. The number of nitrogens with zero attached hydrogens (tertiary/aromatic N) is 2. The second kappa shape index (κ2) is 5.65. The number of nitrogens with two attached hydrogens (primary N) is 1. The smallest absolute Gasteiger partial charge is 0.110 e. The molecule has 1 aromatic heterocycles. The molecule has 0 aliphatic carbocycles. The molecule has 0 spiro atoms. The standard InChI is InChI=1S/C13H17BrN4/c1-9-3-4-10(7-11(9)14)12(17-15)8-13-16-5-6-18(13)2/h3-7,12,17H,8,15H2,1-2H3. The molecule has 0 bridgehead atoms. The predicted octanol–water partition coefficient (Wildman–Crippen LogP) is 2.24. The number of hydrogen-bond donors (Lipinski definition) is 2. The number of benzene rings is 1. The molecule has 18 heavy (non-hydrogen) atoms. The van der Waals surface area contributed by atoms with Gasteiger partial charge in [0.05, 0.1) is 6.04 Å². The quantitative estimate of drug-likeness (QED) is 0.673. The number of aryl methyl sites for hydroxylation is 2. The summed E-state index contributed by atoms with van der Waals surface area (Å²) in [6.45, 7) is 2.07. The van der Waals surface area contributed by atoms with Gasteiger partial charge in [-0.1, -0.05) is 28.1 Å². The number of halogens is 1. The Morgan fingerprint density at radius 2 is 2.28 bits per heavy atom. The fraction of sp³-hybridized carbons (Fsp3) is 0.308. The fourth-order valence-electron chi connectivity index (χ4n) is 1.87. The number of aromatic nitrogens is 2. The number of hydrogen-bond acceptors (Lipinski definition) is 3. The average Bonchev–Trinajstić information content (AvgIpc) is 2.75. The summed E-state index contributed by atoms with van der Waals surface area (Å²) in [5.41, 5.74) is 5.22. The molecule has 0 aliphatic heterocycles. The summed E-state index contributed by atoms with van der Waals surface area (Å²) in [6, 6.07) is 6.33. The topological polar surface area (TPSA) is 55.9 Å². The van der Waals surface area contributed by atoms with E-state index < -0.39 is 0 Å². The largest absolute Gasteiger partial charge is 0.338 e. The van der Waals surface area contributed by atoms with Crippen LogP contribution in [0.2, 0.25) is 0 Å².